The molecule has 114 valence electrons. The molecule has 7 heteroatoms. The molecule has 0 spiro atoms. The Balaban J connectivity index is 2.73. The summed E-state index contributed by atoms with van der Waals surface area (Å²) < 4.78 is 36.6. The SMILES string of the molecule is COCC(CNS(=O)(=O)c1ccc(C(C)O)cc1)OC. The van der Waals surface area contributed by atoms with Gasteiger partial charge < -0.3 is 14.6 Å². The van der Waals surface area contributed by atoms with Crippen LogP contribution >= 0.6 is 0 Å². The second kappa shape index (κ2) is 7.70. The average Bonchev–Trinajstić information content (AvgIpc) is 2.43. The van der Waals surface area contributed by atoms with E-state index >= 15 is 0 Å². The number of aliphatic hydroxyl groups excluding tert-OH is 1. The predicted octanol–water partition coefficient (Wildman–Crippen LogP) is 0.680. The van der Waals surface area contributed by atoms with Gasteiger partial charge in [0.05, 0.1) is 23.7 Å². The van der Waals surface area contributed by atoms with Crippen molar-refractivity contribution in [2.24, 2.45) is 0 Å². The Morgan fingerprint density at radius 3 is 2.30 bits per heavy atom. The van der Waals surface area contributed by atoms with Crippen LogP contribution in [0.15, 0.2) is 29.2 Å². The number of rotatable bonds is 8. The molecule has 0 saturated heterocycles. The van der Waals surface area contributed by atoms with Gasteiger partial charge in [0.1, 0.15) is 0 Å². The summed E-state index contributed by atoms with van der Waals surface area (Å²) in [5.41, 5.74) is 0.665. The van der Waals surface area contributed by atoms with Crippen LogP contribution in [0, 0.1) is 0 Å². The molecule has 0 aromatic heterocycles. The van der Waals surface area contributed by atoms with Crippen LogP contribution in [-0.4, -0.2) is 47.0 Å². The van der Waals surface area contributed by atoms with Crippen LogP contribution in [0.1, 0.15) is 18.6 Å². The summed E-state index contributed by atoms with van der Waals surface area (Å²) in [6.45, 7) is 2.06. The average molecular weight is 303 g/mol. The second-order valence-electron chi connectivity index (χ2n) is 4.41. The Morgan fingerprint density at radius 1 is 1.25 bits per heavy atom. The van der Waals surface area contributed by atoms with E-state index in [1.165, 1.54) is 26.4 Å². The van der Waals surface area contributed by atoms with E-state index in [1.54, 1.807) is 19.1 Å². The second-order valence-corrected chi connectivity index (χ2v) is 6.18. The van der Waals surface area contributed by atoms with E-state index < -0.39 is 16.1 Å². The van der Waals surface area contributed by atoms with Gasteiger partial charge in [0.25, 0.3) is 0 Å². The first-order chi connectivity index (χ1) is 9.40. The summed E-state index contributed by atoms with van der Waals surface area (Å²) in [7, 11) is -0.575. The topological polar surface area (TPSA) is 84.9 Å². The standard InChI is InChI=1S/C13H21NO5S/c1-10(15)11-4-6-13(7-5-11)20(16,17)14-8-12(19-3)9-18-2/h4-7,10,12,14-15H,8-9H2,1-3H3. The lowest BCUT2D eigenvalue weighted by Gasteiger charge is -2.15. The quantitative estimate of drug-likeness (QED) is 0.738. The number of aliphatic hydroxyl groups is 1. The predicted molar refractivity (Wildman–Crippen MR) is 74.9 cm³/mol. The van der Waals surface area contributed by atoms with Crippen LogP contribution in [0.2, 0.25) is 0 Å². The van der Waals surface area contributed by atoms with Crippen molar-refractivity contribution < 1.29 is 23.0 Å². The Labute approximate surface area is 119 Å². The molecule has 1 aromatic carbocycles. The lowest BCUT2D eigenvalue weighted by molar-refractivity contribution is 0.0320. The van der Waals surface area contributed by atoms with Gasteiger partial charge in [-0.1, -0.05) is 12.1 Å². The van der Waals surface area contributed by atoms with Crippen molar-refractivity contribution in [3.63, 3.8) is 0 Å². The van der Waals surface area contributed by atoms with Crippen molar-refractivity contribution in [1.82, 2.24) is 4.72 Å². The maximum atomic E-state index is 12.1. The molecule has 0 aliphatic rings. The maximum absolute atomic E-state index is 12.1. The van der Waals surface area contributed by atoms with Gasteiger partial charge in [0.15, 0.2) is 0 Å². The first-order valence-electron chi connectivity index (χ1n) is 6.20. The molecule has 0 bridgehead atoms. The minimum absolute atomic E-state index is 0.130. The summed E-state index contributed by atoms with van der Waals surface area (Å²) in [5.74, 6) is 0. The van der Waals surface area contributed by atoms with Gasteiger partial charge in [-0.2, -0.15) is 0 Å². The molecule has 1 rings (SSSR count). The van der Waals surface area contributed by atoms with E-state index in [-0.39, 0.29) is 17.5 Å². The monoisotopic (exact) mass is 303 g/mol. The lowest BCUT2D eigenvalue weighted by atomic mass is 10.1. The Bertz CT molecular complexity index is 498. The van der Waals surface area contributed by atoms with Gasteiger partial charge in [-0.15, -0.1) is 0 Å². The van der Waals surface area contributed by atoms with Gasteiger partial charge in [-0.25, -0.2) is 13.1 Å². The number of benzene rings is 1. The highest BCUT2D eigenvalue weighted by molar-refractivity contribution is 7.89. The third-order valence-corrected chi connectivity index (χ3v) is 4.30. The number of ether oxygens (including phenoxy) is 2. The van der Waals surface area contributed by atoms with Crippen LogP contribution < -0.4 is 4.72 Å². The van der Waals surface area contributed by atoms with E-state index in [9.17, 15) is 13.5 Å². The fraction of sp³-hybridized carbons (Fsp3) is 0.538. The number of sulfonamides is 1. The fourth-order valence-corrected chi connectivity index (χ4v) is 2.67. The van der Waals surface area contributed by atoms with Crippen molar-refractivity contribution in [2.75, 3.05) is 27.4 Å². The number of methoxy groups -OCH3 is 2. The molecule has 2 unspecified atom stereocenters. The summed E-state index contributed by atoms with van der Waals surface area (Å²) >= 11 is 0. The Hall–Kier alpha value is -0.990. The van der Waals surface area contributed by atoms with E-state index in [2.05, 4.69) is 4.72 Å². The smallest absolute Gasteiger partial charge is 0.240 e. The zero-order valence-corrected chi connectivity index (χ0v) is 12.7. The van der Waals surface area contributed by atoms with Gasteiger partial charge in [-0.3, -0.25) is 0 Å². The highest BCUT2D eigenvalue weighted by atomic mass is 32.2. The van der Waals surface area contributed by atoms with Crippen molar-refractivity contribution in [3.05, 3.63) is 29.8 Å². The van der Waals surface area contributed by atoms with Crippen molar-refractivity contribution in [3.8, 4) is 0 Å². The normalized spacial score (nSPS) is 15.0. The first-order valence-corrected chi connectivity index (χ1v) is 7.68. The third-order valence-electron chi connectivity index (χ3n) is 2.86. The molecule has 0 radical (unpaired) electrons. The van der Waals surface area contributed by atoms with E-state index in [0.717, 1.165) is 0 Å². The van der Waals surface area contributed by atoms with Crippen LogP contribution in [0.5, 0.6) is 0 Å². The lowest BCUT2D eigenvalue weighted by Crippen LogP contribution is -2.35. The van der Waals surface area contributed by atoms with E-state index in [4.69, 9.17) is 9.47 Å². The van der Waals surface area contributed by atoms with E-state index in [1.807, 2.05) is 0 Å². The summed E-state index contributed by atoms with van der Waals surface area (Å²) in [6, 6.07) is 6.09. The molecule has 0 aliphatic carbocycles. The third kappa shape index (κ3) is 4.84. The van der Waals surface area contributed by atoms with E-state index in [0.29, 0.717) is 12.2 Å². The van der Waals surface area contributed by atoms with Crippen LogP contribution in [0.25, 0.3) is 0 Å². The Kier molecular flexibility index (Phi) is 6.57. The van der Waals surface area contributed by atoms with Gasteiger partial charge in [0.2, 0.25) is 10.0 Å². The van der Waals surface area contributed by atoms with Crippen LogP contribution in [0.3, 0.4) is 0 Å². The zero-order valence-electron chi connectivity index (χ0n) is 11.9. The molecule has 0 aliphatic heterocycles. The highest BCUT2D eigenvalue weighted by Crippen LogP contribution is 2.15. The zero-order chi connectivity index (χ0) is 15.2. The minimum Gasteiger partial charge on any atom is -0.389 e. The van der Waals surface area contributed by atoms with Crippen LogP contribution in [0.4, 0.5) is 0 Å². The summed E-state index contributed by atoms with van der Waals surface area (Å²) in [4.78, 5) is 0.147. The van der Waals surface area contributed by atoms with Gasteiger partial charge >= 0.3 is 0 Å². The number of nitrogens with one attached hydrogen (secondary N) is 1. The molecule has 1 aromatic rings. The molecular weight excluding hydrogens is 282 g/mol. The maximum Gasteiger partial charge on any atom is 0.240 e. The summed E-state index contributed by atoms with van der Waals surface area (Å²) in [5, 5.41) is 9.39. The van der Waals surface area contributed by atoms with Gasteiger partial charge in [0, 0.05) is 20.8 Å². The molecule has 2 atom stereocenters. The molecule has 0 heterocycles. The van der Waals surface area contributed by atoms with Crippen LogP contribution in [-0.2, 0) is 19.5 Å². The number of hydrogen-bond acceptors (Lipinski definition) is 5. The summed E-state index contributed by atoms with van der Waals surface area (Å²) in [6.07, 6.45) is -0.967. The molecule has 2 N–H and O–H groups in total. The molecule has 0 fully saturated rings. The van der Waals surface area contributed by atoms with Gasteiger partial charge in [-0.05, 0) is 24.6 Å². The fourth-order valence-electron chi connectivity index (χ4n) is 1.61. The number of hydrogen-bond donors (Lipinski definition) is 2. The largest absolute Gasteiger partial charge is 0.389 e. The first kappa shape index (κ1) is 17.1. The van der Waals surface area contributed by atoms with Crippen molar-refractivity contribution >= 4 is 10.0 Å². The Morgan fingerprint density at radius 2 is 1.85 bits per heavy atom. The molecule has 0 amide bonds. The minimum atomic E-state index is -3.59. The highest BCUT2D eigenvalue weighted by Gasteiger charge is 2.17. The van der Waals surface area contributed by atoms with Crippen molar-refractivity contribution in [1.29, 1.82) is 0 Å². The molecular formula is C13H21NO5S. The molecule has 0 saturated carbocycles. The van der Waals surface area contributed by atoms with Crippen molar-refractivity contribution in [2.45, 2.75) is 24.0 Å². The molecule has 20 heavy (non-hydrogen) atoms. The molecule has 6 nitrogen and oxygen atoms in total.